The summed E-state index contributed by atoms with van der Waals surface area (Å²) in [5.74, 6) is -0.766. The molecule has 0 radical (unpaired) electrons. The van der Waals surface area contributed by atoms with Crippen LogP contribution >= 0.6 is 0 Å². The summed E-state index contributed by atoms with van der Waals surface area (Å²) in [6.45, 7) is 0.417. The van der Waals surface area contributed by atoms with Crippen molar-refractivity contribution in [2.75, 3.05) is 18.6 Å². The topological polar surface area (TPSA) is 96.6 Å². The van der Waals surface area contributed by atoms with Crippen LogP contribution in [0.25, 0.3) is 11.0 Å². The molecule has 2 N–H and O–H groups in total. The Bertz CT molecular complexity index is 732. The summed E-state index contributed by atoms with van der Waals surface area (Å²) in [7, 11) is -3.04. The molecule has 7 heteroatoms. The molecule has 2 rings (SSSR count). The summed E-state index contributed by atoms with van der Waals surface area (Å²) >= 11 is 0. The molecule has 2 aromatic rings. The molecule has 0 aliphatic heterocycles. The number of sulfone groups is 1. The molecule has 20 heavy (non-hydrogen) atoms. The number of fused-ring (bicyclic) bond motifs is 1. The zero-order valence-electron chi connectivity index (χ0n) is 10.9. The first-order chi connectivity index (χ1) is 9.38. The van der Waals surface area contributed by atoms with Gasteiger partial charge in [0.25, 0.3) is 0 Å². The van der Waals surface area contributed by atoms with Gasteiger partial charge in [-0.2, -0.15) is 0 Å². The molecule has 0 saturated carbocycles. The number of furan rings is 1. The fourth-order valence-corrected chi connectivity index (χ4v) is 2.43. The summed E-state index contributed by atoms with van der Waals surface area (Å²) < 4.78 is 27.5. The highest BCUT2D eigenvalue weighted by Crippen LogP contribution is 2.25. The van der Waals surface area contributed by atoms with Gasteiger partial charge in [-0.15, -0.1) is 0 Å². The summed E-state index contributed by atoms with van der Waals surface area (Å²) in [5.41, 5.74) is 0.622. The molecule has 0 aliphatic carbocycles. The number of carboxylic acid groups (broad SMARTS) is 1. The Morgan fingerprint density at radius 1 is 1.35 bits per heavy atom. The number of hydrogen-bond acceptors (Lipinski definition) is 5. The van der Waals surface area contributed by atoms with Gasteiger partial charge in [0.05, 0.1) is 12.3 Å². The molecule has 1 heterocycles. The van der Waals surface area contributed by atoms with E-state index in [1.54, 1.807) is 24.3 Å². The largest absolute Gasteiger partial charge is 0.478 e. The summed E-state index contributed by atoms with van der Waals surface area (Å²) in [5, 5.41) is 12.7. The van der Waals surface area contributed by atoms with Crippen LogP contribution in [-0.4, -0.2) is 38.0 Å². The van der Waals surface area contributed by atoms with E-state index < -0.39 is 15.8 Å². The average molecular weight is 297 g/mol. The second-order valence-corrected chi connectivity index (χ2v) is 6.77. The zero-order valence-corrected chi connectivity index (χ0v) is 11.7. The lowest BCUT2D eigenvalue weighted by Gasteiger charge is -2.02. The molecule has 0 atom stereocenters. The summed E-state index contributed by atoms with van der Waals surface area (Å²) in [4.78, 5) is 11.3. The van der Waals surface area contributed by atoms with Gasteiger partial charge in [-0.05, 0) is 6.07 Å². The van der Waals surface area contributed by atoms with Gasteiger partial charge >= 0.3 is 5.97 Å². The van der Waals surface area contributed by atoms with E-state index in [1.165, 1.54) is 0 Å². The van der Waals surface area contributed by atoms with E-state index in [0.717, 1.165) is 6.26 Å². The Balaban J connectivity index is 2.17. The average Bonchev–Trinajstić information content (AvgIpc) is 2.71. The Morgan fingerprint density at radius 2 is 2.05 bits per heavy atom. The normalized spacial score (nSPS) is 11.8. The van der Waals surface area contributed by atoms with Gasteiger partial charge in [-0.25, -0.2) is 13.2 Å². The minimum absolute atomic E-state index is 0.00433. The van der Waals surface area contributed by atoms with Crippen LogP contribution in [0.5, 0.6) is 0 Å². The number of rotatable bonds is 6. The maximum absolute atomic E-state index is 11.3. The van der Waals surface area contributed by atoms with Crippen molar-refractivity contribution < 1.29 is 22.7 Å². The molecule has 108 valence electrons. The van der Waals surface area contributed by atoms with Crippen LogP contribution in [0.3, 0.4) is 0 Å². The number of carboxylic acids is 1. The molecule has 0 unspecified atom stereocenters. The highest BCUT2D eigenvalue weighted by Gasteiger charge is 2.19. The Labute approximate surface area is 116 Å². The first-order valence-electron chi connectivity index (χ1n) is 6.00. The van der Waals surface area contributed by atoms with Crippen molar-refractivity contribution >= 4 is 26.8 Å². The molecule has 0 saturated heterocycles. The number of hydrogen-bond donors (Lipinski definition) is 2. The Hall–Kier alpha value is -1.86. The predicted octanol–water partition coefficient (Wildman–Crippen LogP) is 1.27. The van der Waals surface area contributed by atoms with E-state index in [4.69, 9.17) is 4.42 Å². The highest BCUT2D eigenvalue weighted by atomic mass is 32.2. The fraction of sp³-hybridized carbons (Fsp3) is 0.308. The monoisotopic (exact) mass is 297 g/mol. The predicted molar refractivity (Wildman–Crippen MR) is 74.6 cm³/mol. The first kappa shape index (κ1) is 14.5. The first-order valence-corrected chi connectivity index (χ1v) is 8.06. The minimum atomic E-state index is -3.04. The van der Waals surface area contributed by atoms with Crippen molar-refractivity contribution in [1.29, 1.82) is 0 Å². The number of aromatic carboxylic acids is 1. The SMILES string of the molecule is CS(=O)(=O)CCNCc1oc2ccccc2c1C(=O)O. The lowest BCUT2D eigenvalue weighted by Crippen LogP contribution is -2.22. The lowest BCUT2D eigenvalue weighted by molar-refractivity contribution is 0.0696. The van der Waals surface area contributed by atoms with Gasteiger partial charge in [-0.1, -0.05) is 18.2 Å². The second kappa shape index (κ2) is 5.64. The molecule has 6 nitrogen and oxygen atoms in total. The van der Waals surface area contributed by atoms with Gasteiger partial charge in [0.1, 0.15) is 26.7 Å². The van der Waals surface area contributed by atoms with E-state index in [9.17, 15) is 18.3 Å². The van der Waals surface area contributed by atoms with E-state index >= 15 is 0 Å². The molecular formula is C13H15NO5S. The maximum atomic E-state index is 11.3. The van der Waals surface area contributed by atoms with E-state index in [0.29, 0.717) is 16.7 Å². The van der Waals surface area contributed by atoms with Crippen molar-refractivity contribution in [3.8, 4) is 0 Å². The third kappa shape index (κ3) is 3.37. The van der Waals surface area contributed by atoms with Gasteiger partial charge in [0, 0.05) is 18.2 Å². The Kier molecular flexibility index (Phi) is 4.10. The van der Waals surface area contributed by atoms with Gasteiger partial charge in [0.2, 0.25) is 0 Å². The van der Waals surface area contributed by atoms with Crippen molar-refractivity contribution in [3.05, 3.63) is 35.6 Å². The second-order valence-electron chi connectivity index (χ2n) is 4.51. The van der Waals surface area contributed by atoms with E-state index in [2.05, 4.69) is 5.32 Å². The van der Waals surface area contributed by atoms with E-state index in [1.807, 2.05) is 0 Å². The number of para-hydroxylation sites is 1. The zero-order chi connectivity index (χ0) is 14.8. The van der Waals surface area contributed by atoms with Crippen LogP contribution in [0.1, 0.15) is 16.1 Å². The molecular weight excluding hydrogens is 282 g/mol. The van der Waals surface area contributed by atoms with Crippen molar-refractivity contribution in [2.24, 2.45) is 0 Å². The third-order valence-electron chi connectivity index (χ3n) is 2.82. The van der Waals surface area contributed by atoms with Gasteiger partial charge < -0.3 is 14.8 Å². The van der Waals surface area contributed by atoms with Gasteiger partial charge in [-0.3, -0.25) is 0 Å². The lowest BCUT2D eigenvalue weighted by atomic mass is 10.1. The number of carbonyl (C=O) groups is 1. The number of nitrogens with one attached hydrogen (secondary N) is 1. The smallest absolute Gasteiger partial charge is 0.339 e. The molecule has 1 aromatic heterocycles. The number of benzene rings is 1. The standard InChI is InChI=1S/C13H15NO5S/c1-20(17,18)7-6-14-8-11-12(13(15)16)9-4-2-3-5-10(9)19-11/h2-5,14H,6-8H2,1H3,(H,15,16). The molecule has 0 bridgehead atoms. The van der Waals surface area contributed by atoms with Crippen LogP contribution in [0.15, 0.2) is 28.7 Å². The summed E-state index contributed by atoms with van der Waals surface area (Å²) in [6, 6.07) is 6.88. The molecule has 0 spiro atoms. The van der Waals surface area contributed by atoms with Crippen LogP contribution in [0.4, 0.5) is 0 Å². The van der Waals surface area contributed by atoms with Crippen molar-refractivity contribution in [1.82, 2.24) is 5.32 Å². The minimum Gasteiger partial charge on any atom is -0.478 e. The van der Waals surface area contributed by atoms with Crippen molar-refractivity contribution in [2.45, 2.75) is 6.54 Å². The highest BCUT2D eigenvalue weighted by molar-refractivity contribution is 7.90. The molecule has 0 aliphatic rings. The third-order valence-corrected chi connectivity index (χ3v) is 3.76. The quantitative estimate of drug-likeness (QED) is 0.779. The maximum Gasteiger partial charge on any atom is 0.339 e. The molecule has 0 fully saturated rings. The van der Waals surface area contributed by atoms with Gasteiger partial charge in [0.15, 0.2) is 0 Å². The van der Waals surface area contributed by atoms with Crippen LogP contribution < -0.4 is 5.32 Å². The molecule has 0 amide bonds. The van der Waals surface area contributed by atoms with Crippen LogP contribution in [0.2, 0.25) is 0 Å². The fourth-order valence-electron chi connectivity index (χ4n) is 1.91. The summed E-state index contributed by atoms with van der Waals surface area (Å²) in [6.07, 6.45) is 1.15. The van der Waals surface area contributed by atoms with Crippen LogP contribution in [-0.2, 0) is 16.4 Å². The van der Waals surface area contributed by atoms with E-state index in [-0.39, 0.29) is 24.4 Å². The van der Waals surface area contributed by atoms with Crippen molar-refractivity contribution in [3.63, 3.8) is 0 Å². The van der Waals surface area contributed by atoms with Crippen LogP contribution in [0, 0.1) is 0 Å². The molecule has 1 aromatic carbocycles. The Morgan fingerprint density at radius 3 is 2.70 bits per heavy atom.